The van der Waals surface area contributed by atoms with Gasteiger partial charge in [0.2, 0.25) is 23.6 Å². The van der Waals surface area contributed by atoms with Crippen molar-refractivity contribution in [3.8, 4) is 0 Å². The van der Waals surface area contributed by atoms with Crippen LogP contribution in [0.3, 0.4) is 0 Å². The van der Waals surface area contributed by atoms with Crippen LogP contribution in [0.15, 0.2) is 53.6 Å². The molecule has 1 aliphatic heterocycles. The molecular formula is C44H67N5O10. The van der Waals surface area contributed by atoms with Crippen LogP contribution < -0.4 is 16.0 Å². The summed E-state index contributed by atoms with van der Waals surface area (Å²) in [6.07, 6.45) is 0.687. The van der Waals surface area contributed by atoms with E-state index < -0.39 is 96.4 Å². The number of aliphatic hydroxyl groups is 1. The fraction of sp³-hybridized carbons (Fsp3) is 0.614. The van der Waals surface area contributed by atoms with E-state index in [2.05, 4.69) is 16.0 Å². The van der Waals surface area contributed by atoms with Crippen molar-refractivity contribution in [2.45, 2.75) is 137 Å². The first-order valence-electron chi connectivity index (χ1n) is 20.5. The second-order valence-electron chi connectivity index (χ2n) is 16.2. The van der Waals surface area contributed by atoms with E-state index in [9.17, 15) is 38.7 Å². The monoisotopic (exact) mass is 825 g/mol. The number of ether oxygens (including phenoxy) is 2. The molecular weight excluding hydrogens is 759 g/mol. The summed E-state index contributed by atoms with van der Waals surface area (Å²) in [6, 6.07) is 4.53. The maximum absolute atomic E-state index is 14.1. The van der Waals surface area contributed by atoms with E-state index in [1.54, 1.807) is 58.0 Å². The molecule has 1 aliphatic rings. The van der Waals surface area contributed by atoms with Crippen LogP contribution in [-0.2, 0) is 49.5 Å². The van der Waals surface area contributed by atoms with Crippen LogP contribution in [0.2, 0.25) is 0 Å². The average molecular weight is 826 g/mol. The van der Waals surface area contributed by atoms with Gasteiger partial charge in [-0.05, 0) is 70.4 Å². The van der Waals surface area contributed by atoms with Crippen LogP contribution in [-0.4, -0.2) is 120 Å². The molecule has 15 heteroatoms. The molecule has 4 N–H and O–H groups in total. The van der Waals surface area contributed by atoms with Gasteiger partial charge in [0, 0.05) is 32.0 Å². The lowest BCUT2D eigenvalue weighted by atomic mass is 9.90. The zero-order valence-electron chi connectivity index (χ0n) is 36.9. The van der Waals surface area contributed by atoms with Gasteiger partial charge in [-0.2, -0.15) is 0 Å². The summed E-state index contributed by atoms with van der Waals surface area (Å²) < 4.78 is 11.5. The Balaban J connectivity index is 2.62. The number of amides is 5. The number of hydrogen-bond acceptors (Lipinski definition) is 10. The Morgan fingerprint density at radius 1 is 0.898 bits per heavy atom. The van der Waals surface area contributed by atoms with Gasteiger partial charge in [0.15, 0.2) is 6.10 Å². The van der Waals surface area contributed by atoms with E-state index in [0.29, 0.717) is 12.0 Å². The second kappa shape index (κ2) is 23.5. The van der Waals surface area contributed by atoms with Crippen LogP contribution in [0.4, 0.5) is 0 Å². The summed E-state index contributed by atoms with van der Waals surface area (Å²) in [5.41, 5.74) is 1.51. The molecule has 0 aromatic heterocycles. The first-order valence-corrected chi connectivity index (χ1v) is 20.5. The van der Waals surface area contributed by atoms with Gasteiger partial charge < -0.3 is 40.3 Å². The third-order valence-corrected chi connectivity index (χ3v) is 10.8. The van der Waals surface area contributed by atoms with Gasteiger partial charge in [-0.1, -0.05) is 83.5 Å². The van der Waals surface area contributed by atoms with Crippen molar-refractivity contribution in [1.29, 1.82) is 0 Å². The molecule has 0 bridgehead atoms. The molecule has 0 aliphatic carbocycles. The zero-order valence-corrected chi connectivity index (χ0v) is 36.9. The lowest BCUT2D eigenvalue weighted by Gasteiger charge is -2.33. The summed E-state index contributed by atoms with van der Waals surface area (Å²) in [7, 11) is 2.85. The van der Waals surface area contributed by atoms with Crippen molar-refractivity contribution in [2.24, 2.45) is 17.8 Å². The lowest BCUT2D eigenvalue weighted by Crippen LogP contribution is -2.57. The van der Waals surface area contributed by atoms with E-state index in [-0.39, 0.29) is 36.7 Å². The maximum Gasteiger partial charge on any atom is 0.334 e. The molecule has 15 nitrogen and oxygen atoms in total. The Labute approximate surface area is 349 Å². The highest BCUT2D eigenvalue weighted by Crippen LogP contribution is 2.24. The van der Waals surface area contributed by atoms with E-state index in [4.69, 9.17) is 9.47 Å². The van der Waals surface area contributed by atoms with Gasteiger partial charge in [0.05, 0.1) is 12.6 Å². The molecule has 0 saturated carbocycles. The molecule has 328 valence electrons. The third kappa shape index (κ3) is 14.9. The predicted octanol–water partition coefficient (Wildman–Crippen LogP) is 3.24. The van der Waals surface area contributed by atoms with Crippen molar-refractivity contribution in [3.63, 3.8) is 0 Å². The van der Waals surface area contributed by atoms with Crippen LogP contribution in [0.1, 0.15) is 94.1 Å². The molecule has 0 unspecified atom stereocenters. The maximum atomic E-state index is 14.1. The summed E-state index contributed by atoms with van der Waals surface area (Å²) in [5, 5.41) is 19.3. The molecule has 1 aromatic carbocycles. The quantitative estimate of drug-likeness (QED) is 0.234. The van der Waals surface area contributed by atoms with E-state index in [0.717, 1.165) is 5.56 Å². The van der Waals surface area contributed by atoms with E-state index >= 15 is 0 Å². The molecule has 1 heterocycles. The molecule has 2 rings (SSSR count). The number of likely N-dealkylation sites (N-methyl/N-ethyl adjacent to an activating group) is 2. The summed E-state index contributed by atoms with van der Waals surface area (Å²) in [4.78, 5) is 98.0. The number of nitrogens with zero attached hydrogens (tertiary/aromatic N) is 2. The Bertz CT molecular complexity index is 1700. The van der Waals surface area contributed by atoms with Gasteiger partial charge in [-0.3, -0.25) is 24.0 Å². The van der Waals surface area contributed by atoms with E-state index in [1.807, 2.05) is 26.8 Å². The summed E-state index contributed by atoms with van der Waals surface area (Å²) in [5.74, 6) is -5.83. The molecule has 0 radical (unpaired) electrons. The molecule has 59 heavy (non-hydrogen) atoms. The lowest BCUT2D eigenvalue weighted by molar-refractivity contribution is -0.155. The highest BCUT2D eigenvalue weighted by molar-refractivity contribution is 5.96. The zero-order chi connectivity index (χ0) is 44.7. The Hall–Kier alpha value is -5.05. The average Bonchev–Trinajstić information content (AvgIpc) is 3.20. The number of carbonyl (C=O) groups excluding carboxylic acids is 7. The number of nitrogens with one attached hydrogen (secondary N) is 3. The normalized spacial score (nSPS) is 28.8. The number of aliphatic hydroxyl groups excluding tert-OH is 1. The third-order valence-electron chi connectivity index (χ3n) is 10.8. The number of allylic oxidation sites excluding steroid dienone is 1. The first-order chi connectivity index (χ1) is 27.6. The number of rotatable bonds is 7. The SMILES string of the molecule is C/C=C(\C)[C@H]1OC(=O)[C@@H](C)NC(=O)[C@H]([C@@H](C)CC)NC(=O)CN(C)C(=O)[C@@H](Cc2ccccc2)N(C)C(=O)[C@@H](C)NC(=O)[C@@H](CC(C)C)OC(=O)/C(C)=C\C[C@H](O)[C@@H]1C. The molecule has 1 aromatic rings. The van der Waals surface area contributed by atoms with Crippen molar-refractivity contribution in [1.82, 2.24) is 25.8 Å². The van der Waals surface area contributed by atoms with Gasteiger partial charge in [-0.15, -0.1) is 0 Å². The largest absolute Gasteiger partial charge is 0.456 e. The number of esters is 2. The van der Waals surface area contributed by atoms with Crippen molar-refractivity contribution < 1.29 is 48.1 Å². The summed E-state index contributed by atoms with van der Waals surface area (Å²) >= 11 is 0. The number of hydrogen-bond donors (Lipinski definition) is 4. The number of benzene rings is 1. The Morgan fingerprint density at radius 3 is 2.08 bits per heavy atom. The van der Waals surface area contributed by atoms with Crippen LogP contribution >= 0.6 is 0 Å². The van der Waals surface area contributed by atoms with Crippen LogP contribution in [0, 0.1) is 17.8 Å². The van der Waals surface area contributed by atoms with Gasteiger partial charge in [-0.25, -0.2) is 9.59 Å². The minimum Gasteiger partial charge on any atom is -0.456 e. The number of cyclic esters (lactones) is 2. The van der Waals surface area contributed by atoms with Gasteiger partial charge >= 0.3 is 11.9 Å². The Morgan fingerprint density at radius 2 is 1.51 bits per heavy atom. The smallest absolute Gasteiger partial charge is 0.334 e. The first kappa shape index (κ1) is 50.1. The summed E-state index contributed by atoms with van der Waals surface area (Å²) in [6.45, 7) is 16.5. The molecule has 0 fully saturated rings. The van der Waals surface area contributed by atoms with Crippen molar-refractivity contribution >= 4 is 41.5 Å². The van der Waals surface area contributed by atoms with Crippen LogP contribution in [0.25, 0.3) is 0 Å². The Kier molecular flexibility index (Phi) is 20.0. The van der Waals surface area contributed by atoms with Crippen molar-refractivity contribution in [2.75, 3.05) is 20.6 Å². The standard InChI is InChI=1S/C44H67N5O10/c1-13-26(5)37-40(53)46-31(10)44(57)59-38(27(6)14-2)29(8)34(50)21-20-28(7)43(56)58-35(22-25(3)4)39(52)45-30(9)41(54)49(12)33(23-32-18-16-15-17-19-32)42(55)48(11)24-36(51)47-37/h14-20,25-26,29-31,33-35,37-38,50H,13,21-24H2,1-12H3,(H,45,52)(H,46,53)(H,47,51)/b27-14+,28-20-/t26-,29-,30+,31+,33+,34-,35+,37-,38+/m0/s1. The predicted molar refractivity (Wildman–Crippen MR) is 223 cm³/mol. The van der Waals surface area contributed by atoms with Crippen molar-refractivity contribution in [3.05, 3.63) is 59.2 Å². The molecule has 0 spiro atoms. The fourth-order valence-corrected chi connectivity index (χ4v) is 6.55. The topological polar surface area (TPSA) is 201 Å². The minimum absolute atomic E-state index is 0.0211. The number of carbonyl (C=O) groups is 7. The molecule has 9 atom stereocenters. The second-order valence-corrected chi connectivity index (χ2v) is 16.2. The van der Waals surface area contributed by atoms with Gasteiger partial charge in [0.1, 0.15) is 30.3 Å². The van der Waals surface area contributed by atoms with E-state index in [1.165, 1.54) is 50.7 Å². The van der Waals surface area contributed by atoms with Crippen LogP contribution in [0.5, 0.6) is 0 Å². The molecule has 5 amide bonds. The van der Waals surface area contributed by atoms with Gasteiger partial charge in [0.25, 0.3) is 5.91 Å². The highest BCUT2D eigenvalue weighted by atomic mass is 16.6. The highest BCUT2D eigenvalue weighted by Gasteiger charge is 2.36. The fourth-order valence-electron chi connectivity index (χ4n) is 6.55. The minimum atomic E-state index is -1.26. The molecule has 0 saturated heterocycles.